The molecule has 19 heavy (non-hydrogen) atoms. The third kappa shape index (κ3) is 2.63. The van der Waals surface area contributed by atoms with Crippen molar-refractivity contribution in [3.63, 3.8) is 0 Å². The molecule has 3 atom stereocenters. The first-order chi connectivity index (χ1) is 8.93. The van der Waals surface area contributed by atoms with Crippen LogP contribution in [0, 0.1) is 6.92 Å². The molecule has 2 rings (SSSR count). The summed E-state index contributed by atoms with van der Waals surface area (Å²) in [7, 11) is 3.79. The smallest absolute Gasteiger partial charge is 0.330 e. The van der Waals surface area contributed by atoms with E-state index in [-0.39, 0.29) is 24.3 Å². The third-order valence-corrected chi connectivity index (χ3v) is 3.45. The number of nitrogens with one attached hydrogen (secondary N) is 1. The molecule has 1 aromatic rings. The Kier molecular flexibility index (Phi) is 3.88. The molecule has 7 nitrogen and oxygen atoms in total. The number of aryl methyl sites for hydroxylation is 1. The van der Waals surface area contributed by atoms with Gasteiger partial charge in [0, 0.05) is 11.8 Å². The molecule has 0 aliphatic carbocycles. The second kappa shape index (κ2) is 5.28. The molecule has 0 unspecified atom stereocenters. The summed E-state index contributed by atoms with van der Waals surface area (Å²) < 4.78 is 7.08. The highest BCUT2D eigenvalue weighted by Crippen LogP contribution is 2.30. The van der Waals surface area contributed by atoms with Gasteiger partial charge in [0.25, 0.3) is 5.56 Å². The van der Waals surface area contributed by atoms with E-state index in [9.17, 15) is 14.7 Å². The quantitative estimate of drug-likeness (QED) is 0.739. The van der Waals surface area contributed by atoms with Gasteiger partial charge in [-0.25, -0.2) is 4.79 Å². The predicted octanol–water partition coefficient (Wildman–Crippen LogP) is -0.945. The van der Waals surface area contributed by atoms with E-state index in [1.165, 1.54) is 10.8 Å². The van der Waals surface area contributed by atoms with Crippen LogP contribution in [0.1, 0.15) is 18.2 Å². The highest BCUT2D eigenvalue weighted by atomic mass is 16.5. The van der Waals surface area contributed by atoms with Gasteiger partial charge in [-0.3, -0.25) is 14.3 Å². The van der Waals surface area contributed by atoms with Crippen molar-refractivity contribution in [2.24, 2.45) is 0 Å². The van der Waals surface area contributed by atoms with Crippen LogP contribution < -0.4 is 11.2 Å². The van der Waals surface area contributed by atoms with Crippen LogP contribution in [0.25, 0.3) is 0 Å². The van der Waals surface area contributed by atoms with Crippen molar-refractivity contribution in [1.82, 2.24) is 14.5 Å². The van der Waals surface area contributed by atoms with Crippen LogP contribution in [0.5, 0.6) is 0 Å². The number of H-pyrrole nitrogens is 1. The third-order valence-electron chi connectivity index (χ3n) is 3.45. The number of rotatable bonds is 3. The summed E-state index contributed by atoms with van der Waals surface area (Å²) >= 11 is 0. The summed E-state index contributed by atoms with van der Waals surface area (Å²) in [6.45, 7) is 1.55. The summed E-state index contributed by atoms with van der Waals surface area (Å²) in [6, 6.07) is -0.0276. The van der Waals surface area contributed by atoms with E-state index in [1.54, 1.807) is 6.92 Å². The maximum atomic E-state index is 11.9. The minimum absolute atomic E-state index is 0.0276. The first kappa shape index (κ1) is 14.0. The summed E-state index contributed by atoms with van der Waals surface area (Å²) in [5.41, 5.74) is -0.432. The van der Waals surface area contributed by atoms with E-state index < -0.39 is 11.9 Å². The van der Waals surface area contributed by atoms with E-state index in [1.807, 2.05) is 19.0 Å². The van der Waals surface area contributed by atoms with Crippen LogP contribution in [0.4, 0.5) is 0 Å². The van der Waals surface area contributed by atoms with Crippen LogP contribution in [-0.4, -0.2) is 52.4 Å². The van der Waals surface area contributed by atoms with Crippen molar-refractivity contribution < 1.29 is 9.84 Å². The summed E-state index contributed by atoms with van der Waals surface area (Å²) in [6.07, 6.45) is 1.34. The monoisotopic (exact) mass is 269 g/mol. The zero-order valence-corrected chi connectivity index (χ0v) is 11.3. The summed E-state index contributed by atoms with van der Waals surface area (Å²) in [4.78, 5) is 27.5. The molecular weight excluding hydrogens is 250 g/mol. The fraction of sp³-hybridized carbons (Fsp3) is 0.667. The lowest BCUT2D eigenvalue weighted by Gasteiger charge is -2.25. The minimum atomic E-state index is -0.504. The molecule has 0 spiro atoms. The Bertz CT molecular complexity index is 563. The number of nitrogens with zero attached hydrogens (tertiary/aromatic N) is 2. The van der Waals surface area contributed by atoms with E-state index in [2.05, 4.69) is 4.98 Å². The van der Waals surface area contributed by atoms with E-state index >= 15 is 0 Å². The van der Waals surface area contributed by atoms with Crippen molar-refractivity contribution in [2.75, 3.05) is 20.7 Å². The van der Waals surface area contributed by atoms with Gasteiger partial charge in [-0.15, -0.1) is 0 Å². The van der Waals surface area contributed by atoms with Gasteiger partial charge in [0.1, 0.15) is 0 Å². The standard InChI is InChI=1S/C12H19N3O4/c1-7-5-15(12(18)13-10(7)17)11-9(14(2)3)4-8(6-16)19-11/h5,8-9,11,16H,4,6H2,1-3H3,(H,13,17,18)/t8-,9+,11+/m1/s1. The van der Waals surface area contributed by atoms with Crippen LogP contribution in [0.2, 0.25) is 0 Å². The number of ether oxygens (including phenoxy) is 1. The molecule has 0 bridgehead atoms. The molecule has 1 aliphatic heterocycles. The molecule has 2 N–H and O–H groups in total. The summed E-state index contributed by atoms with van der Waals surface area (Å²) in [5, 5.41) is 9.21. The molecule has 1 saturated heterocycles. The van der Waals surface area contributed by atoms with Gasteiger partial charge < -0.3 is 14.7 Å². The Morgan fingerprint density at radius 2 is 2.21 bits per heavy atom. The fourth-order valence-corrected chi connectivity index (χ4v) is 2.34. The highest BCUT2D eigenvalue weighted by Gasteiger charge is 2.38. The van der Waals surface area contributed by atoms with Crippen molar-refractivity contribution in [1.29, 1.82) is 0 Å². The van der Waals surface area contributed by atoms with Gasteiger partial charge in [0.05, 0.1) is 18.8 Å². The molecule has 106 valence electrons. The van der Waals surface area contributed by atoms with E-state index in [0.717, 1.165) is 0 Å². The fourth-order valence-electron chi connectivity index (χ4n) is 2.34. The number of aliphatic hydroxyl groups is 1. The molecular formula is C12H19N3O4. The maximum absolute atomic E-state index is 11.9. The Morgan fingerprint density at radius 3 is 2.79 bits per heavy atom. The van der Waals surface area contributed by atoms with Gasteiger partial charge in [-0.2, -0.15) is 0 Å². The molecule has 0 saturated carbocycles. The highest BCUT2D eigenvalue weighted by molar-refractivity contribution is 5.02. The lowest BCUT2D eigenvalue weighted by Crippen LogP contribution is -2.40. The van der Waals surface area contributed by atoms with E-state index in [4.69, 9.17) is 4.74 Å². The molecule has 0 amide bonds. The predicted molar refractivity (Wildman–Crippen MR) is 69.1 cm³/mol. The Labute approximate surface area is 110 Å². The van der Waals surface area contributed by atoms with Crippen LogP contribution in [0.15, 0.2) is 15.8 Å². The molecule has 1 fully saturated rings. The van der Waals surface area contributed by atoms with Crippen LogP contribution in [-0.2, 0) is 4.74 Å². The average molecular weight is 269 g/mol. The number of hydrogen-bond acceptors (Lipinski definition) is 5. The van der Waals surface area contributed by atoms with Gasteiger partial charge in [-0.1, -0.05) is 0 Å². The second-order valence-corrected chi connectivity index (χ2v) is 5.08. The zero-order chi connectivity index (χ0) is 14.2. The maximum Gasteiger partial charge on any atom is 0.330 e. The largest absolute Gasteiger partial charge is 0.394 e. The topological polar surface area (TPSA) is 87.6 Å². The Balaban J connectivity index is 2.42. The van der Waals surface area contributed by atoms with Crippen molar-refractivity contribution in [3.8, 4) is 0 Å². The minimum Gasteiger partial charge on any atom is -0.394 e. The first-order valence-corrected chi connectivity index (χ1v) is 6.19. The lowest BCUT2D eigenvalue weighted by molar-refractivity contribution is -0.0390. The number of hydrogen-bond donors (Lipinski definition) is 2. The average Bonchev–Trinajstić information content (AvgIpc) is 2.78. The van der Waals surface area contributed by atoms with Gasteiger partial charge in [-0.05, 0) is 27.4 Å². The zero-order valence-electron chi connectivity index (χ0n) is 11.3. The van der Waals surface area contributed by atoms with Crippen molar-refractivity contribution in [3.05, 3.63) is 32.6 Å². The van der Waals surface area contributed by atoms with Gasteiger partial charge in [0.2, 0.25) is 0 Å². The molecule has 0 radical (unpaired) electrons. The molecule has 2 heterocycles. The number of aromatic nitrogens is 2. The first-order valence-electron chi connectivity index (χ1n) is 6.19. The number of aromatic amines is 1. The Hall–Kier alpha value is -1.44. The number of likely N-dealkylation sites (N-methyl/N-ethyl adjacent to an activating group) is 1. The summed E-state index contributed by atoms with van der Waals surface area (Å²) in [5.74, 6) is 0. The van der Waals surface area contributed by atoms with Gasteiger partial charge >= 0.3 is 5.69 Å². The SMILES string of the molecule is Cc1cn([C@H]2O[C@@H](CO)C[C@@H]2N(C)C)c(=O)[nH]c1=O. The van der Waals surface area contributed by atoms with Gasteiger partial charge in [0.15, 0.2) is 6.23 Å². The molecule has 0 aromatic carbocycles. The lowest BCUT2D eigenvalue weighted by atomic mass is 10.1. The molecule has 1 aliphatic rings. The number of aliphatic hydroxyl groups excluding tert-OH is 1. The van der Waals surface area contributed by atoms with Crippen LogP contribution >= 0.6 is 0 Å². The second-order valence-electron chi connectivity index (χ2n) is 5.08. The molecule has 7 heteroatoms. The van der Waals surface area contributed by atoms with Crippen LogP contribution in [0.3, 0.4) is 0 Å². The van der Waals surface area contributed by atoms with E-state index in [0.29, 0.717) is 12.0 Å². The molecule has 1 aromatic heterocycles. The van der Waals surface area contributed by atoms with Crippen molar-refractivity contribution in [2.45, 2.75) is 31.7 Å². The normalized spacial score (nSPS) is 27.1. The Morgan fingerprint density at radius 1 is 1.53 bits per heavy atom. The van der Waals surface area contributed by atoms with Crippen molar-refractivity contribution >= 4 is 0 Å².